The van der Waals surface area contributed by atoms with Crippen LogP contribution in [0.3, 0.4) is 0 Å². The largest absolute Gasteiger partial charge is 0.342 e. The highest BCUT2D eigenvalue weighted by Crippen LogP contribution is 2.46. The third-order valence-corrected chi connectivity index (χ3v) is 7.44. The number of piperidine rings is 1. The summed E-state index contributed by atoms with van der Waals surface area (Å²) in [6.45, 7) is 5.15. The lowest BCUT2D eigenvalue weighted by atomic mass is 9.63. The second-order valence-electron chi connectivity index (χ2n) is 8.62. The van der Waals surface area contributed by atoms with Gasteiger partial charge in [0.05, 0.1) is 5.41 Å². The van der Waals surface area contributed by atoms with Gasteiger partial charge >= 0.3 is 0 Å². The van der Waals surface area contributed by atoms with E-state index >= 15 is 0 Å². The van der Waals surface area contributed by atoms with Gasteiger partial charge in [-0.1, -0.05) is 30.2 Å². The number of piperazine rings is 1. The van der Waals surface area contributed by atoms with Gasteiger partial charge in [0.25, 0.3) is 0 Å². The van der Waals surface area contributed by atoms with Gasteiger partial charge in [0, 0.05) is 43.3 Å². The number of hydrogen-bond donors (Lipinski definition) is 0. The Labute approximate surface area is 162 Å². The number of benzene rings is 1. The molecule has 3 aliphatic rings. The van der Waals surface area contributed by atoms with Crippen molar-refractivity contribution in [3.8, 4) is 0 Å². The van der Waals surface area contributed by atoms with Crippen molar-refractivity contribution in [3.05, 3.63) is 34.9 Å². The summed E-state index contributed by atoms with van der Waals surface area (Å²) in [5.74, 6) is 0.340. The number of amides is 1. The Bertz CT molecular complexity index is 662. The molecular formula is C21H30ClN3O. The van der Waals surface area contributed by atoms with Gasteiger partial charge in [-0.3, -0.25) is 9.69 Å². The number of carbonyl (C=O) groups excluding carboxylic acids is 1. The van der Waals surface area contributed by atoms with Crippen molar-refractivity contribution in [2.45, 2.75) is 43.1 Å². The summed E-state index contributed by atoms with van der Waals surface area (Å²) in [6.07, 6.45) is 5.24. The van der Waals surface area contributed by atoms with Crippen LogP contribution in [-0.4, -0.2) is 73.0 Å². The average molecular weight is 376 g/mol. The van der Waals surface area contributed by atoms with E-state index in [1.807, 2.05) is 12.1 Å². The van der Waals surface area contributed by atoms with Crippen LogP contribution in [0.2, 0.25) is 5.02 Å². The van der Waals surface area contributed by atoms with E-state index in [-0.39, 0.29) is 11.0 Å². The van der Waals surface area contributed by atoms with Crippen molar-refractivity contribution in [2.24, 2.45) is 0 Å². The molecule has 4 rings (SSSR count). The van der Waals surface area contributed by atoms with Gasteiger partial charge in [-0.05, 0) is 57.5 Å². The number of halogens is 1. The van der Waals surface area contributed by atoms with Crippen molar-refractivity contribution in [1.29, 1.82) is 0 Å². The van der Waals surface area contributed by atoms with Crippen LogP contribution >= 0.6 is 11.6 Å². The molecule has 142 valence electrons. The number of hydrogen-bond acceptors (Lipinski definition) is 3. The predicted octanol–water partition coefficient (Wildman–Crippen LogP) is 3.00. The van der Waals surface area contributed by atoms with Crippen LogP contribution < -0.4 is 0 Å². The average Bonchev–Trinajstić information content (AvgIpc) is 2.60. The third-order valence-electron chi connectivity index (χ3n) is 7.19. The number of rotatable bonds is 2. The molecule has 3 fully saturated rings. The Balaban J connectivity index is 1.48. The molecule has 2 heterocycles. The molecule has 4 nitrogen and oxygen atoms in total. The zero-order chi connectivity index (χ0) is 18.4. The highest BCUT2D eigenvalue weighted by molar-refractivity contribution is 6.30. The van der Waals surface area contributed by atoms with Crippen molar-refractivity contribution in [1.82, 2.24) is 14.7 Å². The smallest absolute Gasteiger partial charge is 0.233 e. The number of carbonyl (C=O) groups is 1. The first-order valence-electron chi connectivity index (χ1n) is 9.91. The van der Waals surface area contributed by atoms with Gasteiger partial charge in [0.1, 0.15) is 0 Å². The summed E-state index contributed by atoms with van der Waals surface area (Å²) in [5.41, 5.74) is 1.09. The Hall–Kier alpha value is -1.10. The van der Waals surface area contributed by atoms with Crippen LogP contribution in [0, 0.1) is 0 Å². The topological polar surface area (TPSA) is 26.8 Å². The molecule has 0 aromatic heterocycles. The maximum absolute atomic E-state index is 13.5. The lowest BCUT2D eigenvalue weighted by Gasteiger charge is -2.54. The standard InChI is InChI=1S/C21H30ClN3O/c1-23-14-15-24(2)20(16-23)10-12-25(13-11-20)19(26)21(8-3-9-21)17-4-6-18(22)7-5-17/h4-7H,3,8-16H2,1-2H3. The lowest BCUT2D eigenvalue weighted by Crippen LogP contribution is -2.65. The Morgan fingerprint density at radius 3 is 2.19 bits per heavy atom. The normalized spacial score (nSPS) is 25.9. The maximum Gasteiger partial charge on any atom is 0.233 e. The van der Waals surface area contributed by atoms with Gasteiger partial charge in [-0.15, -0.1) is 0 Å². The van der Waals surface area contributed by atoms with E-state index in [2.05, 4.69) is 40.9 Å². The minimum atomic E-state index is -0.301. The summed E-state index contributed by atoms with van der Waals surface area (Å²) in [4.78, 5) is 20.6. The van der Waals surface area contributed by atoms with Crippen molar-refractivity contribution in [3.63, 3.8) is 0 Å². The summed E-state index contributed by atoms with van der Waals surface area (Å²) in [5, 5.41) is 0.736. The van der Waals surface area contributed by atoms with Crippen molar-refractivity contribution >= 4 is 17.5 Å². The van der Waals surface area contributed by atoms with E-state index in [1.54, 1.807) is 0 Å². The van der Waals surface area contributed by atoms with E-state index in [0.29, 0.717) is 5.91 Å². The van der Waals surface area contributed by atoms with E-state index < -0.39 is 0 Å². The summed E-state index contributed by atoms with van der Waals surface area (Å²) in [6, 6.07) is 7.94. The monoisotopic (exact) mass is 375 g/mol. The Morgan fingerprint density at radius 1 is 0.962 bits per heavy atom. The zero-order valence-corrected chi connectivity index (χ0v) is 16.8. The minimum absolute atomic E-state index is 0.247. The fourth-order valence-electron chi connectivity index (χ4n) is 5.15. The maximum atomic E-state index is 13.5. The Kier molecular flexibility index (Phi) is 4.79. The number of likely N-dealkylation sites (N-methyl/N-ethyl adjacent to an activating group) is 2. The molecule has 2 saturated heterocycles. The quantitative estimate of drug-likeness (QED) is 0.795. The molecule has 0 unspecified atom stereocenters. The Morgan fingerprint density at radius 2 is 1.62 bits per heavy atom. The highest BCUT2D eigenvalue weighted by atomic mass is 35.5. The van der Waals surface area contributed by atoms with Gasteiger partial charge in [-0.2, -0.15) is 0 Å². The van der Waals surface area contributed by atoms with Crippen LogP contribution in [0.15, 0.2) is 24.3 Å². The van der Waals surface area contributed by atoms with Crippen molar-refractivity contribution in [2.75, 3.05) is 46.8 Å². The van der Waals surface area contributed by atoms with Crippen LogP contribution in [0.4, 0.5) is 0 Å². The molecule has 26 heavy (non-hydrogen) atoms. The lowest BCUT2D eigenvalue weighted by molar-refractivity contribution is -0.144. The molecule has 1 saturated carbocycles. The first-order valence-corrected chi connectivity index (χ1v) is 10.3. The highest BCUT2D eigenvalue weighted by Gasteiger charge is 2.50. The second-order valence-corrected chi connectivity index (χ2v) is 9.05. The first kappa shape index (κ1) is 18.3. The third kappa shape index (κ3) is 2.96. The molecule has 1 aliphatic carbocycles. The van der Waals surface area contributed by atoms with Crippen LogP contribution in [0.1, 0.15) is 37.7 Å². The van der Waals surface area contributed by atoms with Crippen LogP contribution in [0.25, 0.3) is 0 Å². The number of nitrogens with zero attached hydrogens (tertiary/aromatic N) is 3. The van der Waals surface area contributed by atoms with Gasteiger partial charge < -0.3 is 9.80 Å². The molecule has 1 aromatic carbocycles. The van der Waals surface area contributed by atoms with E-state index in [0.717, 1.165) is 75.4 Å². The molecule has 0 N–H and O–H groups in total. The van der Waals surface area contributed by atoms with Gasteiger partial charge in [0.2, 0.25) is 5.91 Å². The SMILES string of the molecule is CN1CCN(C)C2(CCN(C(=O)C3(c4ccc(Cl)cc4)CCC3)CC2)C1. The predicted molar refractivity (Wildman–Crippen MR) is 106 cm³/mol. The van der Waals surface area contributed by atoms with Crippen LogP contribution in [0.5, 0.6) is 0 Å². The van der Waals surface area contributed by atoms with Crippen LogP contribution in [-0.2, 0) is 10.2 Å². The summed E-state index contributed by atoms with van der Waals surface area (Å²) in [7, 11) is 4.47. The molecule has 1 aromatic rings. The molecule has 2 aliphatic heterocycles. The molecule has 0 radical (unpaired) electrons. The fraction of sp³-hybridized carbons (Fsp3) is 0.667. The minimum Gasteiger partial charge on any atom is -0.342 e. The molecule has 0 atom stereocenters. The van der Waals surface area contributed by atoms with Gasteiger partial charge in [-0.25, -0.2) is 0 Å². The molecule has 1 spiro atoms. The fourth-order valence-corrected chi connectivity index (χ4v) is 5.28. The number of likely N-dealkylation sites (tertiary alicyclic amines) is 1. The second kappa shape index (κ2) is 6.81. The molecule has 5 heteroatoms. The molecular weight excluding hydrogens is 346 g/mol. The first-order chi connectivity index (χ1) is 12.5. The van der Waals surface area contributed by atoms with E-state index in [9.17, 15) is 4.79 Å². The summed E-state index contributed by atoms with van der Waals surface area (Å²) < 4.78 is 0. The summed E-state index contributed by atoms with van der Waals surface area (Å²) >= 11 is 6.06. The van der Waals surface area contributed by atoms with E-state index in [4.69, 9.17) is 11.6 Å². The van der Waals surface area contributed by atoms with Crippen molar-refractivity contribution < 1.29 is 4.79 Å². The van der Waals surface area contributed by atoms with Gasteiger partial charge in [0.15, 0.2) is 0 Å². The zero-order valence-electron chi connectivity index (χ0n) is 16.0. The van der Waals surface area contributed by atoms with E-state index in [1.165, 1.54) is 0 Å². The molecule has 0 bridgehead atoms. The molecule has 1 amide bonds.